The molecule has 114 valence electrons. The van der Waals surface area contributed by atoms with E-state index in [1.54, 1.807) is 4.90 Å². The first-order valence-electron chi connectivity index (χ1n) is 7.00. The molecule has 0 aromatic carbocycles. The predicted molar refractivity (Wildman–Crippen MR) is 73.0 cm³/mol. The zero-order valence-electron chi connectivity index (χ0n) is 11.9. The highest BCUT2D eigenvalue weighted by Gasteiger charge is 2.29. The van der Waals surface area contributed by atoms with E-state index < -0.39 is 11.9 Å². The van der Waals surface area contributed by atoms with Crippen LogP contribution in [0.3, 0.4) is 0 Å². The average Bonchev–Trinajstić information content (AvgIpc) is 2.42. The van der Waals surface area contributed by atoms with Crippen molar-refractivity contribution in [3.8, 4) is 0 Å². The van der Waals surface area contributed by atoms with Gasteiger partial charge in [-0.3, -0.25) is 9.59 Å². The Balaban J connectivity index is 2.56. The molecule has 1 heterocycles. The molecule has 3 N–H and O–H groups in total. The van der Waals surface area contributed by atoms with Crippen molar-refractivity contribution in [1.29, 1.82) is 0 Å². The van der Waals surface area contributed by atoms with Crippen LogP contribution < -0.4 is 5.73 Å². The molecule has 0 bridgehead atoms. The molecule has 0 atom stereocenters. The maximum atomic E-state index is 12.3. The molecule has 3 amide bonds. The summed E-state index contributed by atoms with van der Waals surface area (Å²) < 4.78 is 0. The lowest BCUT2D eigenvalue weighted by Crippen LogP contribution is -2.50. The largest absolute Gasteiger partial charge is 0.481 e. The highest BCUT2D eigenvalue weighted by atomic mass is 16.4. The molecule has 0 radical (unpaired) electrons. The molecule has 0 aliphatic carbocycles. The van der Waals surface area contributed by atoms with Crippen molar-refractivity contribution >= 4 is 17.9 Å². The SMILES string of the molecule is CCCCN(CC(N)=O)C(=O)N1CCC(C(=O)O)CC1. The number of unbranched alkanes of at least 4 members (excludes halogenated alkanes) is 1. The fraction of sp³-hybridized carbons (Fsp3) is 0.769. The maximum Gasteiger partial charge on any atom is 0.320 e. The fourth-order valence-electron chi connectivity index (χ4n) is 2.30. The van der Waals surface area contributed by atoms with E-state index >= 15 is 0 Å². The van der Waals surface area contributed by atoms with Crippen molar-refractivity contribution in [3.05, 3.63) is 0 Å². The van der Waals surface area contributed by atoms with Gasteiger partial charge >= 0.3 is 12.0 Å². The van der Waals surface area contributed by atoms with Crippen LogP contribution in [0.1, 0.15) is 32.6 Å². The van der Waals surface area contributed by atoms with Gasteiger partial charge in [0.1, 0.15) is 6.54 Å². The average molecular weight is 285 g/mol. The highest BCUT2D eigenvalue weighted by molar-refractivity contribution is 5.83. The number of carbonyl (C=O) groups excluding carboxylic acids is 2. The number of hydrogen-bond acceptors (Lipinski definition) is 3. The maximum absolute atomic E-state index is 12.3. The monoisotopic (exact) mass is 285 g/mol. The molecule has 0 aromatic rings. The first-order chi connectivity index (χ1) is 9.45. The van der Waals surface area contributed by atoms with Crippen molar-refractivity contribution in [2.24, 2.45) is 11.7 Å². The number of nitrogens with zero attached hydrogens (tertiary/aromatic N) is 2. The van der Waals surface area contributed by atoms with E-state index in [0.717, 1.165) is 12.8 Å². The number of carboxylic acids is 1. The van der Waals surface area contributed by atoms with Gasteiger partial charge in [0.05, 0.1) is 5.92 Å². The van der Waals surface area contributed by atoms with Crippen LogP contribution in [0.25, 0.3) is 0 Å². The van der Waals surface area contributed by atoms with E-state index in [1.807, 2.05) is 6.92 Å². The molecule has 7 nitrogen and oxygen atoms in total. The Bertz CT molecular complexity index is 365. The summed E-state index contributed by atoms with van der Waals surface area (Å²) in [5.74, 6) is -1.72. The van der Waals surface area contributed by atoms with Gasteiger partial charge in [-0.05, 0) is 19.3 Å². The van der Waals surface area contributed by atoms with Crippen LogP contribution in [0.2, 0.25) is 0 Å². The van der Waals surface area contributed by atoms with Gasteiger partial charge in [0.25, 0.3) is 0 Å². The first kappa shape index (κ1) is 16.3. The van der Waals surface area contributed by atoms with Gasteiger partial charge in [-0.15, -0.1) is 0 Å². The van der Waals surface area contributed by atoms with Gasteiger partial charge in [-0.25, -0.2) is 4.79 Å². The fourth-order valence-corrected chi connectivity index (χ4v) is 2.30. The number of piperidine rings is 1. The summed E-state index contributed by atoms with van der Waals surface area (Å²) in [6.45, 7) is 3.24. The minimum absolute atomic E-state index is 0.0856. The van der Waals surface area contributed by atoms with E-state index in [9.17, 15) is 14.4 Å². The topological polar surface area (TPSA) is 104 Å². The smallest absolute Gasteiger partial charge is 0.320 e. The molecule has 1 aliphatic rings. The molecule has 0 unspecified atom stereocenters. The Kier molecular flexibility index (Phi) is 6.27. The van der Waals surface area contributed by atoms with Gasteiger partial charge in [0.2, 0.25) is 5.91 Å². The molecule has 20 heavy (non-hydrogen) atoms. The number of nitrogens with two attached hydrogens (primary N) is 1. The minimum atomic E-state index is -0.808. The van der Waals surface area contributed by atoms with Crippen LogP contribution >= 0.6 is 0 Å². The van der Waals surface area contributed by atoms with Gasteiger partial charge in [-0.1, -0.05) is 13.3 Å². The molecule has 0 saturated carbocycles. The molecule has 0 spiro atoms. The molecular weight excluding hydrogens is 262 g/mol. The number of rotatable bonds is 6. The quantitative estimate of drug-likeness (QED) is 0.741. The number of amides is 3. The summed E-state index contributed by atoms with van der Waals surface area (Å²) in [5.41, 5.74) is 5.17. The zero-order chi connectivity index (χ0) is 15.1. The Hall–Kier alpha value is -1.79. The Morgan fingerprint density at radius 2 is 1.90 bits per heavy atom. The Morgan fingerprint density at radius 3 is 2.35 bits per heavy atom. The second-order valence-electron chi connectivity index (χ2n) is 5.12. The standard InChI is InChI=1S/C13H23N3O4/c1-2-3-6-16(9-11(14)17)13(20)15-7-4-10(5-8-15)12(18)19/h10H,2-9H2,1H3,(H2,14,17)(H,18,19). The third kappa shape index (κ3) is 4.71. The summed E-state index contributed by atoms with van der Waals surface area (Å²) >= 11 is 0. The number of likely N-dealkylation sites (tertiary alicyclic amines) is 1. The predicted octanol–water partition coefficient (Wildman–Crippen LogP) is 0.490. The van der Waals surface area contributed by atoms with Gasteiger partial charge in [0.15, 0.2) is 0 Å². The molecule has 0 aromatic heterocycles. The Morgan fingerprint density at radius 1 is 1.30 bits per heavy atom. The van der Waals surface area contributed by atoms with E-state index in [0.29, 0.717) is 32.5 Å². The third-order valence-electron chi connectivity index (χ3n) is 3.51. The van der Waals surface area contributed by atoms with Gasteiger partial charge in [-0.2, -0.15) is 0 Å². The molecule has 1 saturated heterocycles. The lowest BCUT2D eigenvalue weighted by atomic mass is 9.97. The van der Waals surface area contributed by atoms with Gasteiger partial charge in [0, 0.05) is 19.6 Å². The highest BCUT2D eigenvalue weighted by Crippen LogP contribution is 2.18. The van der Waals surface area contributed by atoms with E-state index in [1.165, 1.54) is 4.90 Å². The van der Waals surface area contributed by atoms with Crippen molar-refractivity contribution in [1.82, 2.24) is 9.80 Å². The lowest BCUT2D eigenvalue weighted by Gasteiger charge is -2.34. The van der Waals surface area contributed by atoms with E-state index in [2.05, 4.69) is 0 Å². The van der Waals surface area contributed by atoms with Crippen LogP contribution in [0.15, 0.2) is 0 Å². The van der Waals surface area contributed by atoms with Crippen molar-refractivity contribution < 1.29 is 19.5 Å². The summed E-state index contributed by atoms with van der Waals surface area (Å²) in [6, 6.07) is -0.221. The second kappa shape index (κ2) is 7.72. The number of carbonyl (C=O) groups is 3. The summed E-state index contributed by atoms with van der Waals surface area (Å²) in [4.78, 5) is 37.3. The number of urea groups is 1. The normalized spacial score (nSPS) is 15.9. The van der Waals surface area contributed by atoms with Crippen molar-refractivity contribution in [3.63, 3.8) is 0 Å². The van der Waals surface area contributed by atoms with Crippen LogP contribution in [0, 0.1) is 5.92 Å². The first-order valence-corrected chi connectivity index (χ1v) is 7.00. The van der Waals surface area contributed by atoms with Crippen LogP contribution in [0.4, 0.5) is 4.79 Å². The summed E-state index contributed by atoms with van der Waals surface area (Å²) in [7, 11) is 0. The summed E-state index contributed by atoms with van der Waals surface area (Å²) in [5, 5.41) is 8.93. The molecule has 1 aliphatic heterocycles. The third-order valence-corrected chi connectivity index (χ3v) is 3.51. The number of primary amides is 1. The second-order valence-corrected chi connectivity index (χ2v) is 5.12. The van der Waals surface area contributed by atoms with Crippen LogP contribution in [-0.2, 0) is 9.59 Å². The number of carboxylic acid groups (broad SMARTS) is 1. The van der Waals surface area contributed by atoms with Crippen LogP contribution in [-0.4, -0.2) is 59.0 Å². The summed E-state index contributed by atoms with van der Waals surface area (Å²) in [6.07, 6.45) is 2.65. The molecular formula is C13H23N3O4. The van der Waals surface area contributed by atoms with Crippen molar-refractivity contribution in [2.45, 2.75) is 32.6 Å². The number of aliphatic carboxylic acids is 1. The van der Waals surface area contributed by atoms with Crippen molar-refractivity contribution in [2.75, 3.05) is 26.2 Å². The van der Waals surface area contributed by atoms with E-state index in [-0.39, 0.29) is 18.5 Å². The van der Waals surface area contributed by atoms with E-state index in [4.69, 9.17) is 10.8 Å². The van der Waals surface area contributed by atoms with Gasteiger partial charge < -0.3 is 20.6 Å². The molecule has 1 rings (SSSR count). The van der Waals surface area contributed by atoms with Crippen LogP contribution in [0.5, 0.6) is 0 Å². The minimum Gasteiger partial charge on any atom is -0.481 e. The zero-order valence-corrected chi connectivity index (χ0v) is 11.9. The molecule has 7 heteroatoms. The molecule has 1 fully saturated rings. The lowest BCUT2D eigenvalue weighted by molar-refractivity contribution is -0.143. The Labute approximate surface area is 118 Å². The number of hydrogen-bond donors (Lipinski definition) is 2.